The van der Waals surface area contributed by atoms with Gasteiger partial charge in [-0.3, -0.25) is 0 Å². The van der Waals surface area contributed by atoms with Crippen molar-refractivity contribution in [3.8, 4) is 0 Å². The molecule has 0 N–H and O–H groups in total. The number of benzene rings is 4. The Morgan fingerprint density at radius 2 is 0.929 bits per heavy atom. The number of carbonyl (C=O) groups excluding carboxylic acids is 1. The van der Waals surface area contributed by atoms with Crippen molar-refractivity contribution >= 4 is 53.5 Å². The average molecular weight is 673 g/mol. The van der Waals surface area contributed by atoms with E-state index < -0.39 is 25.7 Å². The zero-order valence-electron chi connectivity index (χ0n) is 25.7. The summed E-state index contributed by atoms with van der Waals surface area (Å²) >= 11 is -1.09. The van der Waals surface area contributed by atoms with Gasteiger partial charge in [-0.05, 0) is 0 Å². The normalized spacial score (nSPS) is 13.1. The molecular formula is C38H48BNOTe. The van der Waals surface area contributed by atoms with E-state index in [1.165, 1.54) is 69.3 Å². The van der Waals surface area contributed by atoms with Gasteiger partial charge in [0.05, 0.1) is 0 Å². The molecule has 0 aliphatic carbocycles. The van der Waals surface area contributed by atoms with E-state index in [-0.39, 0.29) is 0 Å². The van der Waals surface area contributed by atoms with Crippen LogP contribution in [0.2, 0.25) is 13.4 Å². The number of hydrogen-bond acceptors (Lipinski definition) is 1. The van der Waals surface area contributed by atoms with Crippen LogP contribution in [0.1, 0.15) is 52.4 Å². The van der Waals surface area contributed by atoms with Gasteiger partial charge < -0.3 is 0 Å². The first-order chi connectivity index (χ1) is 20.7. The fourth-order valence-electron chi connectivity index (χ4n) is 6.30. The van der Waals surface area contributed by atoms with Crippen LogP contribution < -0.4 is 21.9 Å². The minimum Gasteiger partial charge on any atom is -0.195 e. The zero-order chi connectivity index (χ0) is 29.5. The summed E-state index contributed by atoms with van der Waals surface area (Å²) in [5.41, 5.74) is 5.36. The molecule has 4 heteroatoms. The van der Waals surface area contributed by atoms with E-state index in [1.807, 2.05) is 0 Å². The standard InChI is InChI=1S/C24H20B.C14H28NOTe/c1-5-13-21(14-6-1)25(22-15-7-2-8-16-22,23-17-9-3-10-18-23)24-19-11-4-12-20-24;1-3-5-11-17(12-6-4-2)13-14(16)15-9-7-8-10-15/h1-20H;3-13H2,1-2H3/q-1;+1. The van der Waals surface area contributed by atoms with E-state index in [0.717, 1.165) is 17.6 Å². The first-order valence-electron chi connectivity index (χ1n) is 16.0. The predicted octanol–water partition coefficient (Wildman–Crippen LogP) is 6.77. The van der Waals surface area contributed by atoms with Gasteiger partial charge in [-0.2, -0.15) is 21.9 Å². The molecule has 4 aromatic rings. The summed E-state index contributed by atoms with van der Waals surface area (Å²) in [7, 11) is 0. The van der Waals surface area contributed by atoms with Crippen LogP contribution >= 0.6 is 0 Å². The average Bonchev–Trinajstić information content (AvgIpc) is 3.61. The van der Waals surface area contributed by atoms with Crippen LogP contribution in [-0.4, -0.2) is 49.6 Å². The van der Waals surface area contributed by atoms with Gasteiger partial charge in [0.1, 0.15) is 6.15 Å². The molecule has 220 valence electrons. The molecule has 0 aromatic heterocycles. The quantitative estimate of drug-likeness (QED) is 0.152. The van der Waals surface area contributed by atoms with Gasteiger partial charge in [-0.15, -0.1) is 0 Å². The molecule has 0 spiro atoms. The fourth-order valence-corrected chi connectivity index (χ4v) is 13.2. The van der Waals surface area contributed by atoms with Crippen molar-refractivity contribution in [1.29, 1.82) is 0 Å². The van der Waals surface area contributed by atoms with E-state index in [9.17, 15) is 4.79 Å². The Labute approximate surface area is 262 Å². The van der Waals surface area contributed by atoms with E-state index >= 15 is 0 Å². The van der Waals surface area contributed by atoms with Gasteiger partial charge >= 0.3 is 114 Å². The molecule has 42 heavy (non-hydrogen) atoms. The summed E-state index contributed by atoms with van der Waals surface area (Å²) in [5, 5.41) is 0. The minimum absolute atomic E-state index is 0.492. The van der Waals surface area contributed by atoms with Crippen LogP contribution in [0.25, 0.3) is 0 Å². The number of rotatable bonds is 12. The summed E-state index contributed by atoms with van der Waals surface area (Å²) in [6, 6.07) is 43.5. The smallest absolute Gasteiger partial charge is 0.108 e. The van der Waals surface area contributed by atoms with E-state index in [4.69, 9.17) is 0 Å². The zero-order valence-corrected chi connectivity index (χ0v) is 28.0. The molecule has 0 bridgehead atoms. The third kappa shape index (κ3) is 8.40. The molecule has 1 saturated heterocycles. The molecule has 4 aromatic carbocycles. The van der Waals surface area contributed by atoms with Crippen molar-refractivity contribution in [2.75, 3.05) is 13.1 Å². The summed E-state index contributed by atoms with van der Waals surface area (Å²) in [4.78, 5) is 14.3. The number of nitrogens with zero attached hydrogens (tertiary/aromatic N) is 1. The maximum Gasteiger partial charge on any atom is 0.108 e. The van der Waals surface area contributed by atoms with Crippen LogP contribution in [0, 0.1) is 0 Å². The van der Waals surface area contributed by atoms with E-state index in [0.29, 0.717) is 5.91 Å². The molecular weight excluding hydrogens is 625 g/mol. The fraction of sp³-hybridized carbons (Fsp3) is 0.342. The van der Waals surface area contributed by atoms with Crippen LogP contribution in [0.15, 0.2) is 121 Å². The Bertz CT molecular complexity index is 1120. The van der Waals surface area contributed by atoms with Crippen molar-refractivity contribution in [1.82, 2.24) is 4.90 Å². The molecule has 0 radical (unpaired) electrons. The first-order valence-corrected chi connectivity index (χ1v) is 20.9. The third-order valence-electron chi connectivity index (χ3n) is 8.56. The summed E-state index contributed by atoms with van der Waals surface area (Å²) < 4.78 is 3.81. The van der Waals surface area contributed by atoms with Gasteiger partial charge in [0.25, 0.3) is 0 Å². The molecule has 5 rings (SSSR count). The molecule has 0 unspecified atom stereocenters. The molecule has 0 saturated carbocycles. The number of carbonyl (C=O) groups is 1. The van der Waals surface area contributed by atoms with Gasteiger partial charge in [0, 0.05) is 0 Å². The monoisotopic (exact) mass is 675 g/mol. The van der Waals surface area contributed by atoms with Crippen molar-refractivity contribution in [3.63, 3.8) is 0 Å². The number of unbranched alkanes of at least 4 members (excludes halogenated alkanes) is 2. The Morgan fingerprint density at radius 3 is 1.24 bits per heavy atom. The van der Waals surface area contributed by atoms with Gasteiger partial charge in [0.2, 0.25) is 0 Å². The SMILES string of the molecule is CCCC[Te+](CCCC)CC(=O)N1CCCC1.c1ccc([B-](c2ccccc2)(c2ccccc2)c2ccccc2)cc1. The molecule has 1 fully saturated rings. The van der Waals surface area contributed by atoms with Crippen LogP contribution in [-0.2, 0) is 4.79 Å². The summed E-state index contributed by atoms with van der Waals surface area (Å²) in [6.45, 7) is 6.59. The van der Waals surface area contributed by atoms with E-state index in [1.54, 1.807) is 0 Å². The molecule has 1 aliphatic rings. The number of amides is 1. The summed E-state index contributed by atoms with van der Waals surface area (Å²) in [5.74, 6) is 0.492. The van der Waals surface area contributed by atoms with Crippen LogP contribution in [0.4, 0.5) is 0 Å². The minimum atomic E-state index is -1.22. The molecule has 1 aliphatic heterocycles. The second-order valence-corrected chi connectivity index (χ2v) is 18.1. The van der Waals surface area contributed by atoms with Gasteiger partial charge in [-0.1, -0.05) is 121 Å². The topological polar surface area (TPSA) is 20.3 Å². The number of likely N-dealkylation sites (tertiary alicyclic amines) is 1. The second kappa shape index (κ2) is 17.4. The molecule has 0 atom stereocenters. The maximum atomic E-state index is 12.2. The van der Waals surface area contributed by atoms with Crippen LogP contribution in [0.3, 0.4) is 0 Å². The summed E-state index contributed by atoms with van der Waals surface area (Å²) in [6.07, 6.45) is 6.54. The van der Waals surface area contributed by atoms with Crippen molar-refractivity contribution in [2.45, 2.75) is 65.8 Å². The largest absolute Gasteiger partial charge is 0.195 e. The van der Waals surface area contributed by atoms with Crippen molar-refractivity contribution < 1.29 is 4.79 Å². The van der Waals surface area contributed by atoms with Crippen LogP contribution in [0.5, 0.6) is 0 Å². The predicted molar refractivity (Wildman–Crippen MR) is 186 cm³/mol. The van der Waals surface area contributed by atoms with Gasteiger partial charge in [0.15, 0.2) is 0 Å². The van der Waals surface area contributed by atoms with Crippen molar-refractivity contribution in [3.05, 3.63) is 121 Å². The molecule has 1 amide bonds. The number of hydrogen-bond donors (Lipinski definition) is 0. The van der Waals surface area contributed by atoms with Gasteiger partial charge in [-0.25, -0.2) is 0 Å². The Hall–Kier alpha value is -2.80. The third-order valence-corrected chi connectivity index (χ3v) is 15.4. The second-order valence-electron chi connectivity index (χ2n) is 11.5. The maximum absolute atomic E-state index is 12.2. The molecule has 2 nitrogen and oxygen atoms in total. The Kier molecular flexibility index (Phi) is 13.3. The van der Waals surface area contributed by atoms with E-state index in [2.05, 4.69) is 140 Å². The Balaban J connectivity index is 0.000000209. The Morgan fingerprint density at radius 1 is 0.595 bits per heavy atom. The molecule has 1 heterocycles. The van der Waals surface area contributed by atoms with Crippen molar-refractivity contribution in [2.24, 2.45) is 0 Å². The first kappa shape index (κ1) is 32.1.